The molecule has 8 nitrogen and oxygen atoms in total. The fraction of sp³-hybridized carbons (Fsp3) is 0.105. The Labute approximate surface area is 155 Å². The number of nitrogen functional groups attached to an aromatic ring is 1. The monoisotopic (exact) mass is 360 g/mol. The van der Waals surface area contributed by atoms with Crippen LogP contribution < -0.4 is 10.5 Å². The Morgan fingerprint density at radius 2 is 1.81 bits per heavy atom. The number of ether oxygens (including phenoxy) is 1. The van der Waals surface area contributed by atoms with Crippen LogP contribution in [0.5, 0.6) is 5.88 Å². The lowest BCUT2D eigenvalue weighted by molar-refractivity contribution is 0.284. The molecule has 0 saturated heterocycles. The third kappa shape index (κ3) is 4.06. The lowest BCUT2D eigenvalue weighted by Crippen LogP contribution is -2.01. The van der Waals surface area contributed by atoms with Gasteiger partial charge in [0.2, 0.25) is 5.88 Å². The summed E-state index contributed by atoms with van der Waals surface area (Å²) >= 11 is 0. The zero-order chi connectivity index (χ0) is 18.5. The van der Waals surface area contributed by atoms with E-state index in [4.69, 9.17) is 15.0 Å². The summed E-state index contributed by atoms with van der Waals surface area (Å²) in [6.07, 6.45) is 7.31. The predicted molar refractivity (Wildman–Crippen MR) is 97.6 cm³/mol. The van der Waals surface area contributed by atoms with Crippen LogP contribution in [0.2, 0.25) is 0 Å². The van der Waals surface area contributed by atoms with Gasteiger partial charge in [0.15, 0.2) is 11.6 Å². The predicted octanol–water partition coefficient (Wildman–Crippen LogP) is 2.67. The molecule has 4 aromatic heterocycles. The second-order valence-corrected chi connectivity index (χ2v) is 5.75. The Morgan fingerprint density at radius 1 is 0.963 bits per heavy atom. The molecular formula is C19H16N6O2. The summed E-state index contributed by atoms with van der Waals surface area (Å²) in [6.45, 7) is 0.270. The van der Waals surface area contributed by atoms with Crippen molar-refractivity contribution >= 4 is 5.82 Å². The number of hydrogen-bond acceptors (Lipinski definition) is 8. The van der Waals surface area contributed by atoms with Crippen molar-refractivity contribution in [1.29, 1.82) is 0 Å². The SMILES string of the molecule is Nc1ncccc1-c1cc(Cc2ccc(OCc3ncccn3)nc2)no1. The van der Waals surface area contributed by atoms with Gasteiger partial charge in [-0.2, -0.15) is 0 Å². The maximum Gasteiger partial charge on any atom is 0.213 e. The molecule has 0 atom stereocenters. The first-order valence-corrected chi connectivity index (χ1v) is 8.28. The highest BCUT2D eigenvalue weighted by Gasteiger charge is 2.11. The molecule has 27 heavy (non-hydrogen) atoms. The van der Waals surface area contributed by atoms with Gasteiger partial charge in [-0.1, -0.05) is 11.2 Å². The van der Waals surface area contributed by atoms with Crippen LogP contribution >= 0.6 is 0 Å². The summed E-state index contributed by atoms with van der Waals surface area (Å²) in [5.74, 6) is 2.11. The van der Waals surface area contributed by atoms with E-state index in [2.05, 4.69) is 25.1 Å². The van der Waals surface area contributed by atoms with Crippen molar-refractivity contribution in [1.82, 2.24) is 25.1 Å². The van der Waals surface area contributed by atoms with Crippen LogP contribution in [0.4, 0.5) is 5.82 Å². The molecule has 0 fully saturated rings. The minimum absolute atomic E-state index is 0.270. The van der Waals surface area contributed by atoms with Gasteiger partial charge in [0.25, 0.3) is 0 Å². The largest absolute Gasteiger partial charge is 0.469 e. The first-order chi connectivity index (χ1) is 13.3. The van der Waals surface area contributed by atoms with Gasteiger partial charge in [0, 0.05) is 43.3 Å². The quantitative estimate of drug-likeness (QED) is 0.558. The highest BCUT2D eigenvalue weighted by molar-refractivity contribution is 5.69. The van der Waals surface area contributed by atoms with E-state index in [0.717, 1.165) is 16.8 Å². The van der Waals surface area contributed by atoms with E-state index in [1.54, 1.807) is 43.0 Å². The van der Waals surface area contributed by atoms with Crippen LogP contribution in [-0.2, 0) is 13.0 Å². The van der Waals surface area contributed by atoms with E-state index in [0.29, 0.717) is 29.7 Å². The Bertz CT molecular complexity index is 1020. The fourth-order valence-electron chi connectivity index (χ4n) is 2.50. The molecule has 0 aliphatic heterocycles. The van der Waals surface area contributed by atoms with Gasteiger partial charge in [-0.25, -0.2) is 19.9 Å². The maximum atomic E-state index is 5.87. The van der Waals surface area contributed by atoms with Gasteiger partial charge in [-0.05, 0) is 23.8 Å². The molecule has 0 unspecified atom stereocenters. The van der Waals surface area contributed by atoms with Gasteiger partial charge < -0.3 is 15.0 Å². The van der Waals surface area contributed by atoms with Crippen molar-refractivity contribution in [2.24, 2.45) is 0 Å². The lowest BCUT2D eigenvalue weighted by atomic mass is 10.1. The third-order valence-electron chi connectivity index (χ3n) is 3.81. The maximum absolute atomic E-state index is 5.87. The number of pyridine rings is 2. The van der Waals surface area contributed by atoms with Gasteiger partial charge in [-0.3, -0.25) is 0 Å². The Kier molecular flexibility index (Phi) is 4.69. The van der Waals surface area contributed by atoms with Crippen molar-refractivity contribution < 1.29 is 9.26 Å². The number of nitrogens with two attached hydrogens (primary N) is 1. The molecule has 0 bridgehead atoms. The number of nitrogens with zero attached hydrogens (tertiary/aromatic N) is 5. The second-order valence-electron chi connectivity index (χ2n) is 5.75. The molecule has 0 aliphatic carbocycles. The van der Waals surface area contributed by atoms with E-state index in [9.17, 15) is 0 Å². The van der Waals surface area contributed by atoms with Crippen LogP contribution in [0.15, 0.2) is 65.7 Å². The summed E-state index contributed by atoms with van der Waals surface area (Å²) in [4.78, 5) is 16.6. The van der Waals surface area contributed by atoms with Gasteiger partial charge in [0.1, 0.15) is 12.4 Å². The lowest BCUT2D eigenvalue weighted by Gasteiger charge is -2.04. The van der Waals surface area contributed by atoms with Crippen LogP contribution in [0.1, 0.15) is 17.1 Å². The summed E-state index contributed by atoms with van der Waals surface area (Å²) in [7, 11) is 0. The topological polar surface area (TPSA) is 113 Å². The standard InChI is InChI=1S/C19H16N6O2/c20-19-15(3-1-6-23-19)16-10-14(25-27-16)9-13-4-5-18(24-11-13)26-12-17-21-7-2-8-22-17/h1-8,10-11H,9,12H2,(H2,20,23). The van der Waals surface area contributed by atoms with Gasteiger partial charge in [0.05, 0.1) is 11.3 Å². The minimum Gasteiger partial charge on any atom is -0.469 e. The number of hydrogen-bond donors (Lipinski definition) is 1. The molecular weight excluding hydrogens is 344 g/mol. The van der Waals surface area contributed by atoms with Crippen LogP contribution in [0, 0.1) is 0 Å². The Balaban J connectivity index is 1.39. The van der Waals surface area contributed by atoms with Crippen LogP contribution in [-0.4, -0.2) is 25.1 Å². The molecule has 0 amide bonds. The summed E-state index contributed by atoms with van der Waals surface area (Å²) in [5, 5.41) is 4.09. The summed E-state index contributed by atoms with van der Waals surface area (Å²) in [5.41, 5.74) is 8.36. The molecule has 4 aromatic rings. The zero-order valence-corrected chi connectivity index (χ0v) is 14.3. The zero-order valence-electron chi connectivity index (χ0n) is 14.3. The van der Waals surface area contributed by atoms with E-state index in [1.165, 1.54) is 0 Å². The average molecular weight is 360 g/mol. The van der Waals surface area contributed by atoms with Crippen molar-refractivity contribution in [2.75, 3.05) is 5.73 Å². The molecule has 0 saturated carbocycles. The third-order valence-corrected chi connectivity index (χ3v) is 3.81. The molecule has 0 spiro atoms. The van der Waals surface area contributed by atoms with Crippen molar-refractivity contribution in [3.63, 3.8) is 0 Å². The molecule has 0 aliphatic rings. The number of rotatable bonds is 6. The average Bonchev–Trinajstić information content (AvgIpc) is 3.17. The number of aromatic nitrogens is 5. The normalized spacial score (nSPS) is 10.7. The van der Waals surface area contributed by atoms with E-state index in [-0.39, 0.29) is 6.61 Å². The number of anilines is 1. The Morgan fingerprint density at radius 3 is 2.59 bits per heavy atom. The van der Waals surface area contributed by atoms with Gasteiger partial charge in [-0.15, -0.1) is 0 Å². The minimum atomic E-state index is 0.270. The summed E-state index contributed by atoms with van der Waals surface area (Å²) < 4.78 is 11.0. The first-order valence-electron chi connectivity index (χ1n) is 8.28. The molecule has 2 N–H and O–H groups in total. The van der Waals surface area contributed by atoms with E-state index < -0.39 is 0 Å². The molecule has 4 rings (SSSR count). The van der Waals surface area contributed by atoms with E-state index in [1.807, 2.05) is 18.2 Å². The molecule has 134 valence electrons. The molecule has 4 heterocycles. The van der Waals surface area contributed by atoms with Crippen LogP contribution in [0.25, 0.3) is 11.3 Å². The molecule has 0 aromatic carbocycles. The highest BCUT2D eigenvalue weighted by Crippen LogP contribution is 2.25. The van der Waals surface area contributed by atoms with Crippen molar-refractivity contribution in [3.8, 4) is 17.2 Å². The summed E-state index contributed by atoms with van der Waals surface area (Å²) in [6, 6.07) is 11.0. The first kappa shape index (κ1) is 16.6. The molecule has 0 radical (unpaired) electrons. The fourth-order valence-corrected chi connectivity index (χ4v) is 2.50. The smallest absolute Gasteiger partial charge is 0.213 e. The van der Waals surface area contributed by atoms with Crippen molar-refractivity contribution in [2.45, 2.75) is 13.0 Å². The molecule has 8 heteroatoms. The van der Waals surface area contributed by atoms with Gasteiger partial charge >= 0.3 is 0 Å². The van der Waals surface area contributed by atoms with E-state index >= 15 is 0 Å². The second kappa shape index (κ2) is 7.61. The van der Waals surface area contributed by atoms with Crippen LogP contribution in [0.3, 0.4) is 0 Å². The highest BCUT2D eigenvalue weighted by atomic mass is 16.5. The Hall–Kier alpha value is -3.81. The van der Waals surface area contributed by atoms with Crippen molar-refractivity contribution in [3.05, 3.63) is 78.3 Å².